The first-order chi connectivity index (χ1) is 19.5. The quantitative estimate of drug-likeness (QED) is 0.130. The van der Waals surface area contributed by atoms with E-state index in [2.05, 4.69) is 16.0 Å². The van der Waals surface area contributed by atoms with Gasteiger partial charge in [0.25, 0.3) is 0 Å². The number of nitrogens with one attached hydrogen (secondary N) is 3. The number of carbonyl (C=O) groups is 6. The van der Waals surface area contributed by atoms with Gasteiger partial charge in [0.1, 0.15) is 18.1 Å². The molecule has 0 saturated heterocycles. The van der Waals surface area contributed by atoms with E-state index in [4.69, 9.17) is 16.6 Å². The smallest absolute Gasteiger partial charge is 0.326 e. The van der Waals surface area contributed by atoms with Gasteiger partial charge in [-0.15, -0.1) is 0 Å². The monoisotopic (exact) mass is 569 g/mol. The predicted molar refractivity (Wildman–Crippen MR) is 147 cm³/mol. The number of hydrogen-bond acceptors (Lipinski definition) is 7. The van der Waals surface area contributed by atoms with Crippen molar-refractivity contribution in [3.63, 3.8) is 0 Å². The third-order valence-corrected chi connectivity index (χ3v) is 6.12. The van der Waals surface area contributed by atoms with Crippen LogP contribution >= 0.6 is 0 Å². The van der Waals surface area contributed by atoms with E-state index in [1.165, 1.54) is 0 Å². The second-order valence-electron chi connectivity index (χ2n) is 9.45. The molecule has 0 radical (unpaired) electrons. The predicted octanol–water partition coefficient (Wildman–Crippen LogP) is -0.532. The fourth-order valence-corrected chi connectivity index (χ4v) is 3.92. The lowest BCUT2D eigenvalue weighted by Crippen LogP contribution is -2.58. The van der Waals surface area contributed by atoms with Crippen LogP contribution < -0.4 is 27.4 Å². The highest BCUT2D eigenvalue weighted by molar-refractivity contribution is 5.94. The zero-order valence-corrected chi connectivity index (χ0v) is 22.3. The molecule has 0 saturated carbocycles. The van der Waals surface area contributed by atoms with Crippen LogP contribution in [-0.2, 0) is 41.6 Å². The van der Waals surface area contributed by atoms with Crippen molar-refractivity contribution in [1.29, 1.82) is 0 Å². The molecule has 0 bridgehead atoms. The molecule has 0 heterocycles. The molecule has 13 nitrogen and oxygen atoms in total. The third-order valence-electron chi connectivity index (χ3n) is 6.12. The molecular weight excluding hydrogens is 534 g/mol. The lowest BCUT2D eigenvalue weighted by atomic mass is 10.0. The van der Waals surface area contributed by atoms with E-state index in [1.54, 1.807) is 54.6 Å². The minimum Gasteiger partial charge on any atom is -0.481 e. The number of benzene rings is 2. The molecule has 2 aromatic rings. The fraction of sp³-hybridized carbons (Fsp3) is 0.357. The summed E-state index contributed by atoms with van der Waals surface area (Å²) in [6, 6.07) is 12.4. The zero-order valence-electron chi connectivity index (χ0n) is 22.3. The van der Waals surface area contributed by atoms with Gasteiger partial charge in [-0.1, -0.05) is 60.7 Å². The van der Waals surface area contributed by atoms with Crippen LogP contribution in [0.3, 0.4) is 0 Å². The first-order valence-electron chi connectivity index (χ1n) is 12.9. The molecule has 41 heavy (non-hydrogen) atoms. The van der Waals surface area contributed by atoms with Gasteiger partial charge in [-0.2, -0.15) is 0 Å². The fourth-order valence-electron chi connectivity index (χ4n) is 3.92. The van der Waals surface area contributed by atoms with E-state index in [0.29, 0.717) is 5.56 Å². The number of rotatable bonds is 17. The van der Waals surface area contributed by atoms with E-state index in [1.807, 2.05) is 6.07 Å². The molecule has 4 unspecified atom stereocenters. The largest absolute Gasteiger partial charge is 0.481 e. The Labute approximate surface area is 236 Å². The maximum atomic E-state index is 13.3. The Balaban J connectivity index is 2.22. The highest BCUT2D eigenvalue weighted by atomic mass is 16.4. The summed E-state index contributed by atoms with van der Waals surface area (Å²) in [5, 5.41) is 25.7. The lowest BCUT2D eigenvalue weighted by Gasteiger charge is -2.25. The topological polar surface area (TPSA) is 231 Å². The van der Waals surface area contributed by atoms with Gasteiger partial charge in [-0.25, -0.2) is 4.79 Å². The molecule has 0 spiro atoms. The Bertz CT molecular complexity index is 1210. The SMILES string of the molecule is NC(=O)CCC(NC(=O)C(N)Cc1ccccc1)C(=O)NC(Cc1ccccc1)C(=O)NC(CCC(=O)O)C(=O)O. The van der Waals surface area contributed by atoms with Crippen molar-refractivity contribution in [2.75, 3.05) is 0 Å². The van der Waals surface area contributed by atoms with Crippen molar-refractivity contribution in [1.82, 2.24) is 16.0 Å². The van der Waals surface area contributed by atoms with Crippen LogP contribution in [0, 0.1) is 0 Å². The van der Waals surface area contributed by atoms with Gasteiger partial charge in [-0.3, -0.25) is 24.0 Å². The Hall–Kier alpha value is -4.78. The van der Waals surface area contributed by atoms with Crippen molar-refractivity contribution in [3.8, 4) is 0 Å². The van der Waals surface area contributed by atoms with Crippen LogP contribution in [-0.4, -0.2) is 69.9 Å². The number of aliphatic carboxylic acids is 2. The van der Waals surface area contributed by atoms with Crippen LogP contribution in [0.4, 0.5) is 0 Å². The number of carboxylic acid groups (broad SMARTS) is 2. The number of hydrogen-bond donors (Lipinski definition) is 7. The van der Waals surface area contributed by atoms with Crippen molar-refractivity contribution in [2.45, 2.75) is 62.7 Å². The van der Waals surface area contributed by atoms with Gasteiger partial charge in [0.05, 0.1) is 6.04 Å². The minimum atomic E-state index is -1.52. The first-order valence-corrected chi connectivity index (χ1v) is 12.9. The Morgan fingerprint density at radius 1 is 0.634 bits per heavy atom. The molecule has 0 aliphatic rings. The number of primary amides is 1. The number of carboxylic acids is 2. The van der Waals surface area contributed by atoms with Crippen molar-refractivity contribution in [2.24, 2.45) is 11.5 Å². The summed E-state index contributed by atoms with van der Waals surface area (Å²) in [5.74, 6) is -5.75. The highest BCUT2D eigenvalue weighted by Crippen LogP contribution is 2.08. The second-order valence-corrected chi connectivity index (χ2v) is 9.45. The number of nitrogens with two attached hydrogens (primary N) is 2. The summed E-state index contributed by atoms with van der Waals surface area (Å²) in [4.78, 5) is 73.3. The molecular formula is C28H35N5O8. The average Bonchev–Trinajstić information content (AvgIpc) is 2.93. The maximum absolute atomic E-state index is 13.3. The van der Waals surface area contributed by atoms with E-state index in [0.717, 1.165) is 5.56 Å². The van der Waals surface area contributed by atoms with E-state index in [9.17, 15) is 33.9 Å². The van der Waals surface area contributed by atoms with Gasteiger partial charge in [-0.05, 0) is 30.4 Å². The van der Waals surface area contributed by atoms with Crippen LogP contribution in [0.5, 0.6) is 0 Å². The molecule has 2 rings (SSSR count). The molecule has 220 valence electrons. The molecule has 0 aromatic heterocycles. The molecule has 9 N–H and O–H groups in total. The molecule has 4 amide bonds. The van der Waals surface area contributed by atoms with Crippen LogP contribution in [0.1, 0.15) is 36.8 Å². The number of carbonyl (C=O) groups excluding carboxylic acids is 4. The molecule has 0 fully saturated rings. The second kappa shape index (κ2) is 16.4. The highest BCUT2D eigenvalue weighted by Gasteiger charge is 2.31. The Morgan fingerprint density at radius 3 is 1.61 bits per heavy atom. The molecule has 0 aliphatic heterocycles. The van der Waals surface area contributed by atoms with Gasteiger partial charge < -0.3 is 37.6 Å². The average molecular weight is 570 g/mol. The van der Waals surface area contributed by atoms with Crippen LogP contribution in [0.25, 0.3) is 0 Å². The Kier molecular flexibility index (Phi) is 12.9. The normalized spacial score (nSPS) is 13.6. The van der Waals surface area contributed by atoms with Gasteiger partial charge in [0.2, 0.25) is 23.6 Å². The van der Waals surface area contributed by atoms with E-state index < -0.39 is 66.2 Å². The number of amides is 4. The first kappa shape index (κ1) is 32.4. The van der Waals surface area contributed by atoms with Crippen LogP contribution in [0.2, 0.25) is 0 Å². The van der Waals surface area contributed by atoms with Gasteiger partial charge in [0, 0.05) is 19.3 Å². The molecule has 2 aromatic carbocycles. The third kappa shape index (κ3) is 11.9. The maximum Gasteiger partial charge on any atom is 0.326 e. The van der Waals surface area contributed by atoms with Gasteiger partial charge in [0.15, 0.2) is 0 Å². The van der Waals surface area contributed by atoms with E-state index in [-0.39, 0.29) is 32.1 Å². The molecule has 13 heteroatoms. The standard InChI is InChI=1S/C28H35N5O8/c29-19(15-17-7-3-1-4-8-17)25(37)31-20(11-13-23(30)34)26(38)33-22(16-18-9-5-2-6-10-18)27(39)32-21(28(40)41)12-14-24(35)36/h1-10,19-22H,11-16,29H2,(H2,30,34)(H,31,37)(H,32,39)(H,33,38)(H,35,36)(H,40,41). The summed E-state index contributed by atoms with van der Waals surface area (Å²) >= 11 is 0. The summed E-state index contributed by atoms with van der Waals surface area (Å²) in [5.41, 5.74) is 12.7. The van der Waals surface area contributed by atoms with E-state index >= 15 is 0 Å². The summed E-state index contributed by atoms with van der Waals surface area (Å²) in [6.45, 7) is 0. The lowest BCUT2D eigenvalue weighted by molar-refractivity contribution is -0.143. The molecule has 4 atom stereocenters. The van der Waals surface area contributed by atoms with Crippen molar-refractivity contribution < 1.29 is 39.0 Å². The van der Waals surface area contributed by atoms with Crippen molar-refractivity contribution in [3.05, 3.63) is 71.8 Å². The van der Waals surface area contributed by atoms with Crippen LogP contribution in [0.15, 0.2) is 60.7 Å². The zero-order chi connectivity index (χ0) is 30.4. The Morgan fingerprint density at radius 2 is 1.10 bits per heavy atom. The van der Waals surface area contributed by atoms with Crippen molar-refractivity contribution >= 4 is 35.6 Å². The summed E-state index contributed by atoms with van der Waals surface area (Å²) in [6.07, 6.45) is -1.17. The summed E-state index contributed by atoms with van der Waals surface area (Å²) in [7, 11) is 0. The van der Waals surface area contributed by atoms with Gasteiger partial charge >= 0.3 is 11.9 Å². The minimum absolute atomic E-state index is 0.0479. The summed E-state index contributed by atoms with van der Waals surface area (Å²) < 4.78 is 0. The molecule has 0 aliphatic carbocycles.